The maximum absolute atomic E-state index is 3.24. The van der Waals surface area contributed by atoms with Crippen LogP contribution in [0.15, 0.2) is 54.6 Å². The summed E-state index contributed by atoms with van der Waals surface area (Å²) < 4.78 is 0. The minimum absolute atomic E-state index is 0.821. The SMILES string of the molecule is CCCCC(CC)Cc1ccc(C#Cc2ccccc2)cc1. The molecule has 0 heteroatoms. The third kappa shape index (κ3) is 5.41. The molecule has 1 unspecified atom stereocenters. The van der Waals surface area contributed by atoms with Gasteiger partial charge in [-0.2, -0.15) is 0 Å². The molecule has 0 fully saturated rings. The van der Waals surface area contributed by atoms with Gasteiger partial charge in [-0.05, 0) is 42.2 Å². The average Bonchev–Trinajstić information content (AvgIpc) is 2.58. The maximum Gasteiger partial charge on any atom is 0.0249 e. The van der Waals surface area contributed by atoms with Gasteiger partial charge < -0.3 is 0 Å². The topological polar surface area (TPSA) is 0 Å². The maximum atomic E-state index is 3.24. The second-order valence-corrected chi connectivity index (χ2v) is 5.93. The Morgan fingerprint density at radius 2 is 1.45 bits per heavy atom. The predicted octanol–water partition coefficient (Wildman–Crippen LogP) is 5.85. The van der Waals surface area contributed by atoms with Crippen molar-refractivity contribution >= 4 is 0 Å². The molecule has 0 radical (unpaired) electrons. The second-order valence-electron chi connectivity index (χ2n) is 5.93. The van der Waals surface area contributed by atoms with Crippen molar-refractivity contribution in [3.8, 4) is 11.8 Å². The van der Waals surface area contributed by atoms with Crippen LogP contribution in [0.2, 0.25) is 0 Å². The van der Waals surface area contributed by atoms with E-state index in [4.69, 9.17) is 0 Å². The summed E-state index contributed by atoms with van der Waals surface area (Å²) in [5, 5.41) is 0. The normalized spacial score (nSPS) is 11.5. The molecule has 0 aliphatic carbocycles. The molecule has 2 aromatic carbocycles. The predicted molar refractivity (Wildman–Crippen MR) is 95.9 cm³/mol. The Kier molecular flexibility index (Phi) is 6.78. The summed E-state index contributed by atoms with van der Waals surface area (Å²) in [4.78, 5) is 0. The van der Waals surface area contributed by atoms with E-state index >= 15 is 0 Å². The van der Waals surface area contributed by atoms with E-state index in [1.54, 1.807) is 0 Å². The summed E-state index contributed by atoms with van der Waals surface area (Å²) in [7, 11) is 0. The summed E-state index contributed by atoms with van der Waals surface area (Å²) in [5.41, 5.74) is 3.60. The van der Waals surface area contributed by atoms with E-state index in [-0.39, 0.29) is 0 Å². The largest absolute Gasteiger partial charge is 0.0654 e. The molecule has 0 saturated heterocycles. The van der Waals surface area contributed by atoms with Crippen molar-refractivity contribution in [1.29, 1.82) is 0 Å². The van der Waals surface area contributed by atoms with Crippen molar-refractivity contribution in [2.75, 3.05) is 0 Å². The molecule has 0 aliphatic rings. The number of hydrogen-bond acceptors (Lipinski definition) is 0. The Bertz CT molecular complexity index is 596. The van der Waals surface area contributed by atoms with Crippen molar-refractivity contribution in [3.05, 3.63) is 71.3 Å². The first kappa shape index (κ1) is 16.4. The number of hydrogen-bond donors (Lipinski definition) is 0. The lowest BCUT2D eigenvalue weighted by molar-refractivity contribution is 0.449. The highest BCUT2D eigenvalue weighted by molar-refractivity contribution is 5.43. The zero-order valence-corrected chi connectivity index (χ0v) is 13.8. The minimum atomic E-state index is 0.821. The lowest BCUT2D eigenvalue weighted by atomic mass is 9.92. The summed E-state index contributed by atoms with van der Waals surface area (Å²) in [6, 6.07) is 18.9. The standard InChI is InChI=1S/C22H26/c1-3-5-9-19(4-2)18-22-16-14-21(15-17-22)13-12-20-10-7-6-8-11-20/h6-8,10-11,14-17,19H,3-5,9,18H2,1-2H3. The van der Waals surface area contributed by atoms with Crippen molar-refractivity contribution in [3.63, 3.8) is 0 Å². The van der Waals surface area contributed by atoms with Gasteiger partial charge in [-0.25, -0.2) is 0 Å². The van der Waals surface area contributed by atoms with Gasteiger partial charge in [-0.1, -0.05) is 81.7 Å². The summed E-state index contributed by atoms with van der Waals surface area (Å²) in [5.74, 6) is 7.27. The molecular formula is C22H26. The van der Waals surface area contributed by atoms with Crippen LogP contribution in [0, 0.1) is 17.8 Å². The van der Waals surface area contributed by atoms with Gasteiger partial charge in [0.25, 0.3) is 0 Å². The first-order valence-electron chi connectivity index (χ1n) is 8.47. The van der Waals surface area contributed by atoms with Crippen molar-refractivity contribution in [1.82, 2.24) is 0 Å². The van der Waals surface area contributed by atoms with Gasteiger partial charge in [-0.3, -0.25) is 0 Å². The van der Waals surface area contributed by atoms with Crippen LogP contribution < -0.4 is 0 Å². The zero-order valence-electron chi connectivity index (χ0n) is 13.8. The summed E-state index contributed by atoms with van der Waals surface area (Å²) in [6.45, 7) is 4.58. The molecule has 0 aromatic heterocycles. The highest BCUT2D eigenvalue weighted by Crippen LogP contribution is 2.18. The summed E-state index contributed by atoms with van der Waals surface area (Å²) >= 11 is 0. The number of unbranched alkanes of at least 4 members (excludes halogenated alkanes) is 1. The van der Waals surface area contributed by atoms with E-state index in [0.29, 0.717) is 0 Å². The van der Waals surface area contributed by atoms with Gasteiger partial charge in [0.2, 0.25) is 0 Å². The van der Waals surface area contributed by atoms with Crippen LogP contribution in [-0.2, 0) is 6.42 Å². The summed E-state index contributed by atoms with van der Waals surface area (Å²) in [6.07, 6.45) is 6.46. The van der Waals surface area contributed by atoms with Crippen LogP contribution in [0.5, 0.6) is 0 Å². The van der Waals surface area contributed by atoms with E-state index in [1.165, 1.54) is 37.7 Å². The molecule has 2 aromatic rings. The molecule has 0 spiro atoms. The zero-order chi connectivity index (χ0) is 15.6. The second kappa shape index (κ2) is 9.11. The van der Waals surface area contributed by atoms with Crippen molar-refractivity contribution in [2.24, 2.45) is 5.92 Å². The van der Waals surface area contributed by atoms with E-state index in [9.17, 15) is 0 Å². The van der Waals surface area contributed by atoms with Gasteiger partial charge in [0, 0.05) is 11.1 Å². The molecule has 2 rings (SSSR count). The quantitative estimate of drug-likeness (QED) is 0.586. The molecule has 0 N–H and O–H groups in total. The van der Waals surface area contributed by atoms with E-state index < -0.39 is 0 Å². The fourth-order valence-corrected chi connectivity index (χ4v) is 2.67. The van der Waals surface area contributed by atoms with Crippen LogP contribution in [0.1, 0.15) is 56.2 Å². The van der Waals surface area contributed by atoms with Gasteiger partial charge in [-0.15, -0.1) is 0 Å². The first-order chi connectivity index (χ1) is 10.8. The first-order valence-corrected chi connectivity index (χ1v) is 8.47. The fourth-order valence-electron chi connectivity index (χ4n) is 2.67. The van der Waals surface area contributed by atoms with E-state index in [2.05, 4.69) is 50.0 Å². The van der Waals surface area contributed by atoms with Crippen molar-refractivity contribution < 1.29 is 0 Å². The number of benzene rings is 2. The Hall–Kier alpha value is -2.00. The lowest BCUT2D eigenvalue weighted by Gasteiger charge is -2.14. The smallest absolute Gasteiger partial charge is 0.0249 e. The molecule has 0 amide bonds. The van der Waals surface area contributed by atoms with Crippen LogP contribution in [0.4, 0.5) is 0 Å². The van der Waals surface area contributed by atoms with Crippen LogP contribution in [0.25, 0.3) is 0 Å². The van der Waals surface area contributed by atoms with Crippen LogP contribution in [0.3, 0.4) is 0 Å². The monoisotopic (exact) mass is 290 g/mol. The van der Waals surface area contributed by atoms with Crippen LogP contribution >= 0.6 is 0 Å². The van der Waals surface area contributed by atoms with Crippen LogP contribution in [-0.4, -0.2) is 0 Å². The molecule has 1 atom stereocenters. The third-order valence-corrected chi connectivity index (χ3v) is 4.15. The molecule has 0 saturated carbocycles. The van der Waals surface area contributed by atoms with E-state index in [1.807, 2.05) is 30.3 Å². The molecule has 0 aliphatic heterocycles. The molecule has 0 nitrogen and oxygen atoms in total. The Labute approximate surface area is 135 Å². The Balaban J connectivity index is 1.97. The lowest BCUT2D eigenvalue weighted by Crippen LogP contribution is -2.03. The fraction of sp³-hybridized carbons (Fsp3) is 0.364. The highest BCUT2D eigenvalue weighted by Gasteiger charge is 2.06. The van der Waals surface area contributed by atoms with Gasteiger partial charge >= 0.3 is 0 Å². The van der Waals surface area contributed by atoms with Gasteiger partial charge in [0.15, 0.2) is 0 Å². The molecular weight excluding hydrogens is 264 g/mol. The Morgan fingerprint density at radius 1 is 0.818 bits per heavy atom. The minimum Gasteiger partial charge on any atom is -0.0654 e. The molecule has 0 bridgehead atoms. The van der Waals surface area contributed by atoms with Crippen molar-refractivity contribution in [2.45, 2.75) is 46.0 Å². The highest BCUT2D eigenvalue weighted by atomic mass is 14.1. The number of rotatable bonds is 6. The third-order valence-electron chi connectivity index (χ3n) is 4.15. The van der Waals surface area contributed by atoms with Gasteiger partial charge in [0.05, 0.1) is 0 Å². The molecule has 114 valence electrons. The molecule has 22 heavy (non-hydrogen) atoms. The van der Waals surface area contributed by atoms with E-state index in [0.717, 1.165) is 17.0 Å². The average molecular weight is 290 g/mol. The molecule has 0 heterocycles. The van der Waals surface area contributed by atoms with Gasteiger partial charge in [0.1, 0.15) is 0 Å². The Morgan fingerprint density at radius 3 is 2.05 bits per heavy atom.